The number of hydrogen-bond donors (Lipinski definition) is 2. The van der Waals surface area contributed by atoms with Crippen molar-refractivity contribution in [2.45, 2.75) is 17.9 Å². The lowest BCUT2D eigenvalue weighted by Crippen LogP contribution is -2.31. The number of hydrogen-bond acceptors (Lipinski definition) is 4. The van der Waals surface area contributed by atoms with Crippen LogP contribution >= 0.6 is 11.8 Å². The molecule has 0 saturated carbocycles. The van der Waals surface area contributed by atoms with Crippen molar-refractivity contribution in [3.63, 3.8) is 0 Å². The standard InChI is InChI=1S/C14H15N3OS/c1-19-10-4-2-9(3-5-10)13-16-12-8-15-7-6-11(12)14(18)17-13/h2-5,15H,6-8H2,1H3,(H,16,17,18). The maximum absolute atomic E-state index is 12.1. The van der Waals surface area contributed by atoms with Crippen LogP contribution < -0.4 is 10.9 Å². The van der Waals surface area contributed by atoms with Crippen LogP contribution in [0.25, 0.3) is 11.4 Å². The van der Waals surface area contributed by atoms with Gasteiger partial charge in [-0.25, -0.2) is 4.98 Å². The Hall–Kier alpha value is -1.59. The lowest BCUT2D eigenvalue weighted by Gasteiger charge is -2.15. The molecular weight excluding hydrogens is 258 g/mol. The molecule has 1 aromatic heterocycles. The molecule has 2 aromatic rings. The zero-order valence-corrected chi connectivity index (χ0v) is 11.5. The van der Waals surface area contributed by atoms with Gasteiger partial charge < -0.3 is 10.3 Å². The topological polar surface area (TPSA) is 57.8 Å². The van der Waals surface area contributed by atoms with Crippen LogP contribution in [0.4, 0.5) is 0 Å². The fraction of sp³-hybridized carbons (Fsp3) is 0.286. The molecule has 19 heavy (non-hydrogen) atoms. The smallest absolute Gasteiger partial charge is 0.254 e. The van der Waals surface area contributed by atoms with Gasteiger partial charge in [-0.15, -0.1) is 11.8 Å². The van der Waals surface area contributed by atoms with E-state index < -0.39 is 0 Å². The highest BCUT2D eigenvalue weighted by atomic mass is 32.2. The van der Waals surface area contributed by atoms with Crippen LogP contribution in [-0.2, 0) is 13.0 Å². The van der Waals surface area contributed by atoms with Crippen LogP contribution in [0, 0.1) is 0 Å². The third kappa shape index (κ3) is 2.43. The van der Waals surface area contributed by atoms with Gasteiger partial charge in [0, 0.05) is 22.6 Å². The summed E-state index contributed by atoms with van der Waals surface area (Å²) in [5.41, 5.74) is 2.64. The van der Waals surface area contributed by atoms with Crippen LogP contribution in [0.2, 0.25) is 0 Å². The maximum Gasteiger partial charge on any atom is 0.254 e. The van der Waals surface area contributed by atoms with E-state index in [1.165, 1.54) is 4.90 Å². The zero-order valence-electron chi connectivity index (χ0n) is 10.7. The number of benzene rings is 1. The Labute approximate surface area is 115 Å². The molecule has 0 aliphatic carbocycles. The third-order valence-corrected chi connectivity index (χ3v) is 4.05. The lowest BCUT2D eigenvalue weighted by molar-refractivity contribution is 0.619. The Bertz CT molecular complexity index is 649. The van der Waals surface area contributed by atoms with Gasteiger partial charge in [0.2, 0.25) is 0 Å². The van der Waals surface area contributed by atoms with E-state index in [1.54, 1.807) is 11.8 Å². The van der Waals surface area contributed by atoms with Gasteiger partial charge in [0.1, 0.15) is 5.82 Å². The van der Waals surface area contributed by atoms with Crippen molar-refractivity contribution in [1.82, 2.24) is 15.3 Å². The van der Waals surface area contributed by atoms with Gasteiger partial charge in [-0.1, -0.05) is 12.1 Å². The first-order chi connectivity index (χ1) is 9.28. The number of nitrogens with zero attached hydrogens (tertiary/aromatic N) is 1. The largest absolute Gasteiger partial charge is 0.311 e. The summed E-state index contributed by atoms with van der Waals surface area (Å²) in [6, 6.07) is 8.06. The van der Waals surface area contributed by atoms with Crippen molar-refractivity contribution >= 4 is 11.8 Å². The first-order valence-electron chi connectivity index (χ1n) is 6.25. The Balaban J connectivity index is 2.05. The minimum absolute atomic E-state index is 0.00422. The number of rotatable bonds is 2. The first-order valence-corrected chi connectivity index (χ1v) is 7.47. The molecule has 1 aromatic carbocycles. The van der Waals surface area contributed by atoms with Gasteiger partial charge in [-0.3, -0.25) is 4.79 Å². The molecule has 0 saturated heterocycles. The molecule has 0 fully saturated rings. The summed E-state index contributed by atoms with van der Waals surface area (Å²) in [6.45, 7) is 1.52. The number of aromatic nitrogens is 2. The predicted molar refractivity (Wildman–Crippen MR) is 77.5 cm³/mol. The summed E-state index contributed by atoms with van der Waals surface area (Å²) in [4.78, 5) is 20.7. The normalized spacial score (nSPS) is 14.2. The van der Waals surface area contributed by atoms with E-state index >= 15 is 0 Å². The average molecular weight is 273 g/mol. The van der Waals surface area contributed by atoms with Gasteiger partial charge in [-0.2, -0.15) is 0 Å². The minimum atomic E-state index is -0.00422. The number of nitrogens with one attached hydrogen (secondary N) is 2. The molecule has 5 heteroatoms. The molecule has 0 spiro atoms. The first kappa shape index (κ1) is 12.4. The van der Waals surface area contributed by atoms with E-state index in [2.05, 4.69) is 15.3 Å². The lowest BCUT2D eigenvalue weighted by atomic mass is 10.1. The quantitative estimate of drug-likeness (QED) is 0.819. The van der Waals surface area contributed by atoms with Crippen LogP contribution in [-0.4, -0.2) is 22.8 Å². The van der Waals surface area contributed by atoms with E-state index in [-0.39, 0.29) is 5.56 Å². The highest BCUT2D eigenvalue weighted by Crippen LogP contribution is 2.20. The fourth-order valence-electron chi connectivity index (χ4n) is 2.25. The van der Waals surface area contributed by atoms with Crippen LogP contribution in [0.15, 0.2) is 34.0 Å². The molecule has 4 nitrogen and oxygen atoms in total. The van der Waals surface area contributed by atoms with E-state index in [4.69, 9.17) is 0 Å². The Morgan fingerprint density at radius 1 is 1.26 bits per heavy atom. The number of H-pyrrole nitrogens is 1. The van der Waals surface area contributed by atoms with Crippen molar-refractivity contribution in [3.05, 3.63) is 45.9 Å². The van der Waals surface area contributed by atoms with Gasteiger partial charge >= 0.3 is 0 Å². The zero-order chi connectivity index (χ0) is 13.2. The average Bonchev–Trinajstić information content (AvgIpc) is 2.47. The van der Waals surface area contributed by atoms with Crippen molar-refractivity contribution in [1.29, 1.82) is 0 Å². The van der Waals surface area contributed by atoms with Gasteiger partial charge in [0.25, 0.3) is 5.56 Å². The second-order valence-electron chi connectivity index (χ2n) is 4.50. The molecule has 0 radical (unpaired) electrons. The minimum Gasteiger partial charge on any atom is -0.311 e. The van der Waals surface area contributed by atoms with Gasteiger partial charge in [0.15, 0.2) is 0 Å². The molecule has 0 atom stereocenters. The fourth-order valence-corrected chi connectivity index (χ4v) is 2.66. The van der Waals surface area contributed by atoms with Crippen molar-refractivity contribution in [3.8, 4) is 11.4 Å². The van der Waals surface area contributed by atoms with E-state index in [1.807, 2.05) is 30.5 Å². The Morgan fingerprint density at radius 2 is 2.05 bits per heavy atom. The number of fused-ring (bicyclic) bond motifs is 1. The molecule has 0 unspecified atom stereocenters. The van der Waals surface area contributed by atoms with Crippen molar-refractivity contribution in [2.75, 3.05) is 12.8 Å². The number of aromatic amines is 1. The molecule has 0 amide bonds. The molecule has 2 heterocycles. The van der Waals surface area contributed by atoms with Crippen LogP contribution in [0.5, 0.6) is 0 Å². The Kier molecular flexibility index (Phi) is 3.40. The summed E-state index contributed by atoms with van der Waals surface area (Å²) in [6.07, 6.45) is 2.79. The van der Waals surface area contributed by atoms with E-state index in [9.17, 15) is 4.79 Å². The van der Waals surface area contributed by atoms with Crippen LogP contribution in [0.1, 0.15) is 11.3 Å². The molecule has 1 aliphatic rings. The van der Waals surface area contributed by atoms with Crippen LogP contribution in [0.3, 0.4) is 0 Å². The highest BCUT2D eigenvalue weighted by Gasteiger charge is 2.15. The molecule has 0 bridgehead atoms. The number of thioether (sulfide) groups is 1. The second kappa shape index (κ2) is 5.19. The summed E-state index contributed by atoms with van der Waals surface area (Å²) < 4.78 is 0. The molecule has 1 aliphatic heterocycles. The summed E-state index contributed by atoms with van der Waals surface area (Å²) in [5, 5.41) is 3.25. The third-order valence-electron chi connectivity index (χ3n) is 3.31. The predicted octanol–water partition coefficient (Wildman–Crippen LogP) is 1.80. The van der Waals surface area contributed by atoms with E-state index in [0.29, 0.717) is 12.4 Å². The van der Waals surface area contributed by atoms with Gasteiger partial charge in [-0.05, 0) is 31.4 Å². The summed E-state index contributed by atoms with van der Waals surface area (Å²) in [5.74, 6) is 0.653. The summed E-state index contributed by atoms with van der Waals surface area (Å²) >= 11 is 1.70. The maximum atomic E-state index is 12.1. The van der Waals surface area contributed by atoms with Crippen molar-refractivity contribution in [2.24, 2.45) is 0 Å². The Morgan fingerprint density at radius 3 is 2.79 bits per heavy atom. The second-order valence-corrected chi connectivity index (χ2v) is 5.37. The molecule has 2 N–H and O–H groups in total. The van der Waals surface area contributed by atoms with Gasteiger partial charge in [0.05, 0.1) is 5.69 Å². The molecule has 98 valence electrons. The van der Waals surface area contributed by atoms with E-state index in [0.717, 1.165) is 29.8 Å². The van der Waals surface area contributed by atoms with Crippen molar-refractivity contribution < 1.29 is 0 Å². The summed E-state index contributed by atoms with van der Waals surface area (Å²) in [7, 11) is 0. The monoisotopic (exact) mass is 273 g/mol. The molecular formula is C14H15N3OS. The molecule has 3 rings (SSSR count). The SMILES string of the molecule is CSc1ccc(-c2nc3c(c(=O)[nH]2)CCNC3)cc1. The highest BCUT2D eigenvalue weighted by molar-refractivity contribution is 7.98.